The molecule has 13 heavy (non-hydrogen) atoms. The lowest BCUT2D eigenvalue weighted by Gasteiger charge is -2.21. The van der Waals surface area contributed by atoms with E-state index in [9.17, 15) is 4.79 Å². The number of amides is 1. The van der Waals surface area contributed by atoms with Crippen LogP contribution in [0.15, 0.2) is 0 Å². The Bertz CT molecular complexity index is 205. The SMILES string of the molecule is CC(C(N)=O)N1CC2CCCC2C1. The van der Waals surface area contributed by atoms with Gasteiger partial charge in [-0.05, 0) is 31.6 Å². The highest BCUT2D eigenvalue weighted by Crippen LogP contribution is 2.38. The third-order valence-corrected chi connectivity index (χ3v) is 3.71. The van der Waals surface area contributed by atoms with E-state index in [4.69, 9.17) is 5.73 Å². The topological polar surface area (TPSA) is 46.3 Å². The quantitative estimate of drug-likeness (QED) is 0.679. The van der Waals surface area contributed by atoms with Crippen LogP contribution in [0.5, 0.6) is 0 Å². The average molecular weight is 182 g/mol. The molecule has 1 aliphatic heterocycles. The van der Waals surface area contributed by atoms with Crippen LogP contribution in [0, 0.1) is 11.8 Å². The van der Waals surface area contributed by atoms with Gasteiger partial charge in [-0.25, -0.2) is 0 Å². The number of likely N-dealkylation sites (tertiary alicyclic amines) is 1. The third kappa shape index (κ3) is 1.57. The predicted octanol–water partition coefficient (Wildman–Crippen LogP) is 0.592. The minimum absolute atomic E-state index is 0.0643. The maximum absolute atomic E-state index is 11.0. The fourth-order valence-electron chi connectivity index (χ4n) is 2.77. The highest BCUT2D eigenvalue weighted by molar-refractivity contribution is 5.79. The highest BCUT2D eigenvalue weighted by atomic mass is 16.1. The van der Waals surface area contributed by atoms with E-state index in [-0.39, 0.29) is 11.9 Å². The van der Waals surface area contributed by atoms with Crippen molar-refractivity contribution >= 4 is 5.91 Å². The molecule has 3 heteroatoms. The molecule has 1 aliphatic carbocycles. The Balaban J connectivity index is 1.95. The van der Waals surface area contributed by atoms with E-state index < -0.39 is 0 Å². The standard InChI is InChI=1S/C10H18N2O/c1-7(10(11)13)12-5-8-3-2-4-9(8)6-12/h7-9H,2-6H2,1H3,(H2,11,13). The van der Waals surface area contributed by atoms with Crippen molar-refractivity contribution in [1.29, 1.82) is 0 Å². The van der Waals surface area contributed by atoms with Crippen LogP contribution < -0.4 is 5.73 Å². The number of nitrogens with zero attached hydrogens (tertiary/aromatic N) is 1. The van der Waals surface area contributed by atoms with E-state index in [0.29, 0.717) is 0 Å². The maximum Gasteiger partial charge on any atom is 0.234 e. The van der Waals surface area contributed by atoms with Crippen LogP contribution in [-0.4, -0.2) is 29.9 Å². The number of primary amides is 1. The van der Waals surface area contributed by atoms with Crippen LogP contribution in [0.25, 0.3) is 0 Å². The second kappa shape index (κ2) is 3.29. The predicted molar refractivity (Wildman–Crippen MR) is 51.1 cm³/mol. The van der Waals surface area contributed by atoms with Crippen LogP contribution in [0.3, 0.4) is 0 Å². The largest absolute Gasteiger partial charge is 0.368 e. The molecule has 0 aromatic heterocycles. The summed E-state index contributed by atoms with van der Waals surface area (Å²) in [4.78, 5) is 13.2. The van der Waals surface area contributed by atoms with Gasteiger partial charge in [-0.1, -0.05) is 6.42 Å². The molecule has 3 unspecified atom stereocenters. The first-order valence-electron chi connectivity index (χ1n) is 5.22. The lowest BCUT2D eigenvalue weighted by atomic mass is 10.0. The van der Waals surface area contributed by atoms with Gasteiger partial charge in [0.2, 0.25) is 5.91 Å². The zero-order valence-corrected chi connectivity index (χ0v) is 8.20. The van der Waals surface area contributed by atoms with Crippen molar-refractivity contribution in [3.8, 4) is 0 Å². The Labute approximate surface area is 79.3 Å². The average Bonchev–Trinajstić information content (AvgIpc) is 2.59. The van der Waals surface area contributed by atoms with Gasteiger partial charge < -0.3 is 5.73 Å². The molecule has 1 saturated carbocycles. The zero-order valence-electron chi connectivity index (χ0n) is 8.20. The van der Waals surface area contributed by atoms with Crippen molar-refractivity contribution in [2.24, 2.45) is 17.6 Å². The Morgan fingerprint density at radius 3 is 2.38 bits per heavy atom. The van der Waals surface area contributed by atoms with Crippen LogP contribution in [0.1, 0.15) is 26.2 Å². The molecule has 3 atom stereocenters. The number of fused-ring (bicyclic) bond motifs is 1. The zero-order chi connectivity index (χ0) is 9.42. The molecule has 0 bridgehead atoms. The molecule has 0 aromatic carbocycles. The summed E-state index contributed by atoms with van der Waals surface area (Å²) in [6, 6.07) is -0.0643. The summed E-state index contributed by atoms with van der Waals surface area (Å²) in [6.45, 7) is 4.10. The minimum Gasteiger partial charge on any atom is -0.368 e. The molecule has 2 N–H and O–H groups in total. The highest BCUT2D eigenvalue weighted by Gasteiger charge is 2.38. The summed E-state index contributed by atoms with van der Waals surface area (Å²) in [7, 11) is 0. The smallest absolute Gasteiger partial charge is 0.234 e. The van der Waals surface area contributed by atoms with Gasteiger partial charge in [-0.3, -0.25) is 9.69 Å². The van der Waals surface area contributed by atoms with Crippen molar-refractivity contribution in [3.05, 3.63) is 0 Å². The number of carbonyl (C=O) groups excluding carboxylic acids is 1. The van der Waals surface area contributed by atoms with Crippen molar-refractivity contribution in [3.63, 3.8) is 0 Å². The van der Waals surface area contributed by atoms with Gasteiger partial charge >= 0.3 is 0 Å². The van der Waals surface area contributed by atoms with Crippen molar-refractivity contribution < 1.29 is 4.79 Å². The molecule has 2 fully saturated rings. The van der Waals surface area contributed by atoms with Gasteiger partial charge in [-0.2, -0.15) is 0 Å². The molecule has 1 heterocycles. The van der Waals surface area contributed by atoms with E-state index in [0.717, 1.165) is 24.9 Å². The molecule has 0 radical (unpaired) electrons. The van der Waals surface area contributed by atoms with Crippen molar-refractivity contribution in [1.82, 2.24) is 4.90 Å². The molecular weight excluding hydrogens is 164 g/mol. The van der Waals surface area contributed by atoms with E-state index in [1.165, 1.54) is 19.3 Å². The van der Waals surface area contributed by atoms with Gasteiger partial charge in [-0.15, -0.1) is 0 Å². The fourth-order valence-corrected chi connectivity index (χ4v) is 2.77. The molecule has 0 aromatic rings. The lowest BCUT2D eigenvalue weighted by Crippen LogP contribution is -2.41. The Kier molecular flexibility index (Phi) is 2.28. The monoisotopic (exact) mass is 182 g/mol. The molecule has 1 amide bonds. The minimum atomic E-state index is -0.181. The first-order chi connectivity index (χ1) is 6.18. The molecule has 2 rings (SSSR count). The normalized spacial score (nSPS) is 36.1. The van der Waals surface area contributed by atoms with Crippen molar-refractivity contribution in [2.45, 2.75) is 32.2 Å². The number of nitrogens with two attached hydrogens (primary N) is 1. The molecule has 1 saturated heterocycles. The van der Waals surface area contributed by atoms with Gasteiger partial charge in [0.25, 0.3) is 0 Å². The van der Waals surface area contributed by atoms with Crippen LogP contribution in [-0.2, 0) is 4.79 Å². The number of carbonyl (C=O) groups is 1. The molecule has 3 nitrogen and oxygen atoms in total. The van der Waals surface area contributed by atoms with Crippen molar-refractivity contribution in [2.75, 3.05) is 13.1 Å². The lowest BCUT2D eigenvalue weighted by molar-refractivity contribution is -0.122. The number of hydrogen-bond acceptors (Lipinski definition) is 2. The van der Waals surface area contributed by atoms with Crippen LogP contribution >= 0.6 is 0 Å². The summed E-state index contributed by atoms with van der Waals surface area (Å²) >= 11 is 0. The van der Waals surface area contributed by atoms with Gasteiger partial charge in [0.15, 0.2) is 0 Å². The number of hydrogen-bond donors (Lipinski definition) is 1. The Hall–Kier alpha value is -0.570. The molecule has 2 aliphatic rings. The summed E-state index contributed by atoms with van der Waals surface area (Å²) in [5.41, 5.74) is 5.29. The van der Waals surface area contributed by atoms with Crippen LogP contribution in [0.2, 0.25) is 0 Å². The van der Waals surface area contributed by atoms with Gasteiger partial charge in [0.1, 0.15) is 0 Å². The Morgan fingerprint density at radius 1 is 1.38 bits per heavy atom. The van der Waals surface area contributed by atoms with E-state index in [1.54, 1.807) is 0 Å². The van der Waals surface area contributed by atoms with Gasteiger partial charge in [0.05, 0.1) is 6.04 Å². The summed E-state index contributed by atoms with van der Waals surface area (Å²) in [5.74, 6) is 1.52. The first-order valence-corrected chi connectivity index (χ1v) is 5.22. The Morgan fingerprint density at radius 2 is 1.92 bits per heavy atom. The molecular formula is C10H18N2O. The van der Waals surface area contributed by atoms with Gasteiger partial charge in [0, 0.05) is 13.1 Å². The fraction of sp³-hybridized carbons (Fsp3) is 0.900. The second-order valence-corrected chi connectivity index (χ2v) is 4.48. The summed E-state index contributed by atoms with van der Waals surface area (Å²) in [5, 5.41) is 0. The molecule has 74 valence electrons. The van der Waals surface area contributed by atoms with E-state index in [1.807, 2.05) is 6.92 Å². The summed E-state index contributed by atoms with van der Waals surface area (Å²) in [6.07, 6.45) is 4.09. The molecule has 0 spiro atoms. The number of rotatable bonds is 2. The first kappa shape index (κ1) is 9.00. The van der Waals surface area contributed by atoms with Crippen LogP contribution in [0.4, 0.5) is 0 Å². The second-order valence-electron chi connectivity index (χ2n) is 4.48. The van der Waals surface area contributed by atoms with E-state index in [2.05, 4.69) is 4.90 Å². The summed E-state index contributed by atoms with van der Waals surface area (Å²) < 4.78 is 0. The maximum atomic E-state index is 11.0. The van der Waals surface area contributed by atoms with E-state index >= 15 is 0 Å². The third-order valence-electron chi connectivity index (χ3n) is 3.71.